The van der Waals surface area contributed by atoms with Crippen LogP contribution in [0.4, 0.5) is 0 Å². The summed E-state index contributed by atoms with van der Waals surface area (Å²) in [5.41, 5.74) is 4.38. The summed E-state index contributed by atoms with van der Waals surface area (Å²) < 4.78 is 7.44. The van der Waals surface area contributed by atoms with E-state index in [1.807, 2.05) is 13.0 Å². The lowest BCUT2D eigenvalue weighted by Crippen LogP contribution is -1.97. The van der Waals surface area contributed by atoms with E-state index in [9.17, 15) is 0 Å². The Morgan fingerprint density at radius 2 is 2.00 bits per heavy atom. The highest BCUT2D eigenvalue weighted by Crippen LogP contribution is 2.30. The molecule has 1 fully saturated rings. The van der Waals surface area contributed by atoms with Gasteiger partial charge in [0.05, 0.1) is 18.3 Å². The number of aromatic nitrogens is 3. The molecule has 4 rings (SSSR count). The van der Waals surface area contributed by atoms with E-state index in [-0.39, 0.29) is 0 Å². The van der Waals surface area contributed by atoms with Gasteiger partial charge in [0.25, 0.3) is 0 Å². The standard InChI is InChI=1S/C15H13N3O/c1-10-17-13-8-16-7-6-14(13)18(10)12-4-2-11(3-5-12)15-9-19-15/h2-8,15H,9H2,1H3. The molecule has 4 heteroatoms. The lowest BCUT2D eigenvalue weighted by Gasteiger charge is -2.07. The van der Waals surface area contributed by atoms with Crippen molar-refractivity contribution in [1.82, 2.24) is 14.5 Å². The molecule has 0 spiro atoms. The van der Waals surface area contributed by atoms with Crippen LogP contribution in [-0.2, 0) is 4.74 Å². The summed E-state index contributed by atoms with van der Waals surface area (Å²) in [5, 5.41) is 0. The molecule has 3 heterocycles. The van der Waals surface area contributed by atoms with Crippen LogP contribution in [0.1, 0.15) is 17.5 Å². The van der Waals surface area contributed by atoms with Crippen molar-refractivity contribution in [2.75, 3.05) is 6.61 Å². The normalized spacial score (nSPS) is 17.8. The fraction of sp³-hybridized carbons (Fsp3) is 0.200. The van der Waals surface area contributed by atoms with Crippen molar-refractivity contribution in [1.29, 1.82) is 0 Å². The van der Waals surface area contributed by atoms with Crippen LogP contribution < -0.4 is 0 Å². The van der Waals surface area contributed by atoms with E-state index < -0.39 is 0 Å². The first-order chi connectivity index (χ1) is 9.33. The van der Waals surface area contributed by atoms with E-state index in [4.69, 9.17) is 4.74 Å². The quantitative estimate of drug-likeness (QED) is 0.658. The first-order valence-electron chi connectivity index (χ1n) is 6.34. The minimum Gasteiger partial charge on any atom is -0.368 e. The van der Waals surface area contributed by atoms with E-state index in [1.165, 1.54) is 5.56 Å². The molecule has 2 aromatic heterocycles. The molecule has 94 valence electrons. The van der Waals surface area contributed by atoms with Gasteiger partial charge in [0.2, 0.25) is 0 Å². The topological polar surface area (TPSA) is 43.2 Å². The summed E-state index contributed by atoms with van der Waals surface area (Å²) in [6, 6.07) is 10.5. The van der Waals surface area contributed by atoms with Gasteiger partial charge in [-0.15, -0.1) is 0 Å². The van der Waals surface area contributed by atoms with Crippen LogP contribution in [0, 0.1) is 6.92 Å². The van der Waals surface area contributed by atoms with E-state index in [0.717, 1.165) is 29.2 Å². The third kappa shape index (κ3) is 1.72. The van der Waals surface area contributed by atoms with Crippen molar-refractivity contribution in [3.8, 4) is 5.69 Å². The van der Waals surface area contributed by atoms with Gasteiger partial charge in [-0.05, 0) is 30.7 Å². The van der Waals surface area contributed by atoms with Crippen LogP contribution in [0.25, 0.3) is 16.7 Å². The molecule has 1 unspecified atom stereocenters. The highest BCUT2D eigenvalue weighted by molar-refractivity contribution is 5.77. The zero-order chi connectivity index (χ0) is 12.8. The van der Waals surface area contributed by atoms with E-state index in [0.29, 0.717) is 6.10 Å². The maximum atomic E-state index is 5.29. The minimum atomic E-state index is 0.305. The van der Waals surface area contributed by atoms with Crippen LogP contribution in [0.2, 0.25) is 0 Å². The Morgan fingerprint density at radius 3 is 2.74 bits per heavy atom. The van der Waals surface area contributed by atoms with Gasteiger partial charge in [-0.1, -0.05) is 12.1 Å². The average Bonchev–Trinajstić information content (AvgIpc) is 3.22. The second-order valence-electron chi connectivity index (χ2n) is 4.77. The molecule has 1 aromatic carbocycles. The van der Waals surface area contributed by atoms with Crippen molar-refractivity contribution >= 4 is 11.0 Å². The fourth-order valence-corrected chi connectivity index (χ4v) is 2.46. The second-order valence-corrected chi connectivity index (χ2v) is 4.77. The molecule has 0 radical (unpaired) electrons. The number of ether oxygens (including phenoxy) is 1. The molecule has 0 aliphatic carbocycles. The Kier molecular flexibility index (Phi) is 2.19. The number of aryl methyl sites for hydroxylation is 1. The molecule has 0 bridgehead atoms. The van der Waals surface area contributed by atoms with Crippen LogP contribution in [0.5, 0.6) is 0 Å². The van der Waals surface area contributed by atoms with Crippen LogP contribution >= 0.6 is 0 Å². The van der Waals surface area contributed by atoms with Crippen molar-refractivity contribution < 1.29 is 4.74 Å². The molecule has 1 atom stereocenters. The van der Waals surface area contributed by atoms with Crippen LogP contribution in [0.15, 0.2) is 42.7 Å². The van der Waals surface area contributed by atoms with Crippen molar-refractivity contribution in [3.63, 3.8) is 0 Å². The Balaban J connectivity index is 1.86. The third-order valence-electron chi connectivity index (χ3n) is 3.48. The Hall–Kier alpha value is -2.20. The molecular formula is C15H13N3O. The van der Waals surface area contributed by atoms with Crippen LogP contribution in [-0.4, -0.2) is 21.1 Å². The SMILES string of the molecule is Cc1nc2cnccc2n1-c1ccc(C2CO2)cc1. The third-order valence-corrected chi connectivity index (χ3v) is 3.48. The molecule has 4 nitrogen and oxygen atoms in total. The minimum absolute atomic E-state index is 0.305. The van der Waals surface area contributed by atoms with Crippen molar-refractivity contribution in [3.05, 3.63) is 54.1 Å². The van der Waals surface area contributed by atoms with Crippen LogP contribution in [0.3, 0.4) is 0 Å². The van der Waals surface area contributed by atoms with Gasteiger partial charge in [-0.25, -0.2) is 4.98 Å². The predicted octanol–water partition coefficient (Wildman–Crippen LogP) is 2.80. The van der Waals surface area contributed by atoms with Gasteiger partial charge in [0.1, 0.15) is 17.4 Å². The van der Waals surface area contributed by atoms with Gasteiger partial charge in [-0.2, -0.15) is 0 Å². The second kappa shape index (κ2) is 3.90. The first kappa shape index (κ1) is 10.7. The highest BCUT2D eigenvalue weighted by Gasteiger charge is 2.24. The largest absolute Gasteiger partial charge is 0.368 e. The molecule has 0 N–H and O–H groups in total. The number of fused-ring (bicyclic) bond motifs is 1. The summed E-state index contributed by atoms with van der Waals surface area (Å²) in [6.45, 7) is 2.86. The molecule has 3 aromatic rings. The molecule has 1 saturated heterocycles. The number of rotatable bonds is 2. The molecular weight excluding hydrogens is 238 g/mol. The number of benzene rings is 1. The zero-order valence-electron chi connectivity index (χ0n) is 10.6. The number of hydrogen-bond donors (Lipinski definition) is 0. The summed E-state index contributed by atoms with van der Waals surface area (Å²) in [6.07, 6.45) is 3.90. The monoisotopic (exact) mass is 251 g/mol. The highest BCUT2D eigenvalue weighted by atomic mass is 16.6. The lowest BCUT2D eigenvalue weighted by molar-refractivity contribution is 0.415. The van der Waals surface area contributed by atoms with E-state index in [1.54, 1.807) is 12.4 Å². The van der Waals surface area contributed by atoms with Crippen molar-refractivity contribution in [2.45, 2.75) is 13.0 Å². The maximum absolute atomic E-state index is 5.29. The lowest BCUT2D eigenvalue weighted by atomic mass is 10.1. The van der Waals surface area contributed by atoms with E-state index in [2.05, 4.69) is 38.8 Å². The summed E-state index contributed by atoms with van der Waals surface area (Å²) in [7, 11) is 0. The number of nitrogens with zero attached hydrogens (tertiary/aromatic N) is 3. The number of imidazole rings is 1. The molecule has 0 saturated carbocycles. The Labute approximate surface area is 110 Å². The Bertz CT molecular complexity index is 742. The average molecular weight is 251 g/mol. The number of hydrogen-bond acceptors (Lipinski definition) is 3. The maximum Gasteiger partial charge on any atom is 0.111 e. The predicted molar refractivity (Wildman–Crippen MR) is 72.3 cm³/mol. The summed E-state index contributed by atoms with van der Waals surface area (Å²) in [4.78, 5) is 8.65. The van der Waals surface area contributed by atoms with Gasteiger partial charge in [0.15, 0.2) is 0 Å². The number of epoxide rings is 1. The molecule has 1 aliphatic heterocycles. The summed E-state index contributed by atoms with van der Waals surface area (Å²) >= 11 is 0. The Morgan fingerprint density at radius 1 is 1.21 bits per heavy atom. The van der Waals surface area contributed by atoms with E-state index >= 15 is 0 Å². The molecule has 0 amide bonds. The molecule has 19 heavy (non-hydrogen) atoms. The van der Waals surface area contributed by atoms with Gasteiger partial charge >= 0.3 is 0 Å². The molecule has 1 aliphatic rings. The van der Waals surface area contributed by atoms with Gasteiger partial charge in [0, 0.05) is 11.9 Å². The first-order valence-corrected chi connectivity index (χ1v) is 6.34. The fourth-order valence-electron chi connectivity index (χ4n) is 2.46. The summed E-state index contributed by atoms with van der Waals surface area (Å²) in [5.74, 6) is 0.971. The van der Waals surface area contributed by atoms with Gasteiger partial charge < -0.3 is 4.74 Å². The van der Waals surface area contributed by atoms with Gasteiger partial charge in [-0.3, -0.25) is 9.55 Å². The zero-order valence-corrected chi connectivity index (χ0v) is 10.6. The van der Waals surface area contributed by atoms with Crippen molar-refractivity contribution in [2.24, 2.45) is 0 Å². The number of pyridine rings is 1. The smallest absolute Gasteiger partial charge is 0.111 e.